The first-order chi connectivity index (χ1) is 9.75. The Morgan fingerprint density at radius 1 is 1.05 bits per heavy atom. The largest absolute Gasteiger partial charge is 0.368 e. The van der Waals surface area contributed by atoms with Gasteiger partial charge in [-0.1, -0.05) is 29.8 Å². The molecule has 1 fully saturated rings. The number of anilines is 2. The number of aromatic nitrogens is 2. The number of aromatic amines is 1. The molecule has 104 valence electrons. The molecule has 1 aromatic carbocycles. The van der Waals surface area contributed by atoms with Crippen LogP contribution < -0.4 is 15.4 Å². The van der Waals surface area contributed by atoms with E-state index in [0.29, 0.717) is 5.69 Å². The number of nitrogens with one attached hydrogen (secondary N) is 1. The number of hydrogen-bond acceptors (Lipinski definition) is 4. The normalized spacial score (nSPS) is 15.4. The predicted octanol–water partition coefficient (Wildman–Crippen LogP) is 1.75. The van der Waals surface area contributed by atoms with Gasteiger partial charge in [0, 0.05) is 31.9 Å². The van der Waals surface area contributed by atoms with Crippen LogP contribution in [0.4, 0.5) is 11.4 Å². The van der Waals surface area contributed by atoms with Crippen LogP contribution in [0.3, 0.4) is 0 Å². The highest BCUT2D eigenvalue weighted by molar-refractivity contribution is 6.33. The summed E-state index contributed by atoms with van der Waals surface area (Å²) < 4.78 is 0. The fourth-order valence-corrected chi connectivity index (χ4v) is 2.65. The molecule has 5 nitrogen and oxygen atoms in total. The number of para-hydroxylation sites is 1. The van der Waals surface area contributed by atoms with Gasteiger partial charge in [0.1, 0.15) is 5.02 Å². The van der Waals surface area contributed by atoms with Crippen LogP contribution in [0, 0.1) is 0 Å². The average Bonchev–Trinajstić information content (AvgIpc) is 2.51. The Bertz CT molecular complexity index is 635. The van der Waals surface area contributed by atoms with Gasteiger partial charge < -0.3 is 9.80 Å². The van der Waals surface area contributed by atoms with E-state index < -0.39 is 0 Å². The maximum Gasteiger partial charge on any atom is 0.285 e. The van der Waals surface area contributed by atoms with Crippen LogP contribution in [-0.2, 0) is 0 Å². The SMILES string of the molecule is O=c1[nH]ncc(N2CCN(c3ccccc3)CC2)c1Cl. The molecule has 0 bridgehead atoms. The van der Waals surface area contributed by atoms with Gasteiger partial charge in [0.25, 0.3) is 5.56 Å². The number of benzene rings is 1. The maximum atomic E-state index is 11.5. The predicted molar refractivity (Wildman–Crippen MR) is 80.7 cm³/mol. The highest BCUT2D eigenvalue weighted by Gasteiger charge is 2.20. The van der Waals surface area contributed by atoms with Gasteiger partial charge in [-0.3, -0.25) is 4.79 Å². The molecule has 3 rings (SSSR count). The van der Waals surface area contributed by atoms with Crippen LogP contribution in [0.1, 0.15) is 0 Å². The third-order valence-electron chi connectivity index (χ3n) is 3.52. The summed E-state index contributed by atoms with van der Waals surface area (Å²) in [5.41, 5.74) is 1.60. The lowest BCUT2D eigenvalue weighted by Crippen LogP contribution is -2.47. The number of H-pyrrole nitrogens is 1. The number of hydrogen-bond donors (Lipinski definition) is 1. The van der Waals surface area contributed by atoms with Crippen molar-refractivity contribution in [1.29, 1.82) is 0 Å². The average molecular weight is 291 g/mol. The molecule has 0 spiro atoms. The molecule has 2 heterocycles. The van der Waals surface area contributed by atoms with E-state index in [1.807, 2.05) is 18.2 Å². The van der Waals surface area contributed by atoms with E-state index in [9.17, 15) is 4.79 Å². The maximum absolute atomic E-state index is 11.5. The Morgan fingerprint density at radius 2 is 1.70 bits per heavy atom. The second-order valence-electron chi connectivity index (χ2n) is 4.71. The van der Waals surface area contributed by atoms with Crippen LogP contribution in [0.2, 0.25) is 5.02 Å². The van der Waals surface area contributed by atoms with Gasteiger partial charge in [-0.2, -0.15) is 5.10 Å². The molecular weight excluding hydrogens is 276 g/mol. The molecule has 0 radical (unpaired) electrons. The molecule has 0 saturated carbocycles. The number of rotatable bonds is 2. The minimum atomic E-state index is -0.338. The second-order valence-corrected chi connectivity index (χ2v) is 5.09. The van der Waals surface area contributed by atoms with Gasteiger partial charge in [-0.15, -0.1) is 0 Å². The Balaban J connectivity index is 1.73. The lowest BCUT2D eigenvalue weighted by Gasteiger charge is -2.37. The van der Waals surface area contributed by atoms with Gasteiger partial charge in [-0.25, -0.2) is 5.10 Å². The lowest BCUT2D eigenvalue weighted by atomic mass is 10.2. The van der Waals surface area contributed by atoms with E-state index >= 15 is 0 Å². The van der Waals surface area contributed by atoms with E-state index in [0.717, 1.165) is 26.2 Å². The number of piperazine rings is 1. The van der Waals surface area contributed by atoms with Gasteiger partial charge in [-0.05, 0) is 12.1 Å². The van der Waals surface area contributed by atoms with E-state index in [-0.39, 0.29) is 10.6 Å². The van der Waals surface area contributed by atoms with Crippen LogP contribution in [0.25, 0.3) is 0 Å². The summed E-state index contributed by atoms with van der Waals surface area (Å²) in [6, 6.07) is 10.3. The van der Waals surface area contributed by atoms with Crippen LogP contribution in [0.5, 0.6) is 0 Å². The van der Waals surface area contributed by atoms with Crippen molar-refractivity contribution in [3.8, 4) is 0 Å². The topological polar surface area (TPSA) is 52.2 Å². The zero-order valence-electron chi connectivity index (χ0n) is 10.9. The van der Waals surface area contributed by atoms with Crippen molar-refractivity contribution in [3.63, 3.8) is 0 Å². The molecule has 1 saturated heterocycles. The Morgan fingerprint density at radius 3 is 2.40 bits per heavy atom. The molecule has 0 unspecified atom stereocenters. The molecule has 20 heavy (non-hydrogen) atoms. The Hall–Kier alpha value is -2.01. The van der Waals surface area contributed by atoms with Crippen molar-refractivity contribution >= 4 is 23.0 Å². The van der Waals surface area contributed by atoms with Crippen molar-refractivity contribution < 1.29 is 0 Å². The van der Waals surface area contributed by atoms with E-state index in [4.69, 9.17) is 11.6 Å². The molecule has 1 N–H and O–H groups in total. The summed E-state index contributed by atoms with van der Waals surface area (Å²) in [4.78, 5) is 15.9. The molecule has 0 aliphatic carbocycles. The summed E-state index contributed by atoms with van der Waals surface area (Å²) in [5.74, 6) is 0. The minimum Gasteiger partial charge on any atom is -0.368 e. The highest BCUT2D eigenvalue weighted by Crippen LogP contribution is 2.23. The third-order valence-corrected chi connectivity index (χ3v) is 3.88. The summed E-state index contributed by atoms with van der Waals surface area (Å²) in [6.45, 7) is 3.43. The molecular formula is C14H15ClN4O. The van der Waals surface area contributed by atoms with Crippen molar-refractivity contribution in [2.24, 2.45) is 0 Å². The Labute approximate surface area is 121 Å². The standard InChI is InChI=1S/C14H15ClN4O/c15-13-12(10-16-17-14(13)20)19-8-6-18(7-9-19)11-4-2-1-3-5-11/h1-5,10H,6-9H2,(H,17,20). The molecule has 6 heteroatoms. The first kappa shape index (κ1) is 13.0. The fraction of sp³-hybridized carbons (Fsp3) is 0.286. The summed E-state index contributed by atoms with van der Waals surface area (Å²) in [7, 11) is 0. The Kier molecular flexibility index (Phi) is 3.60. The van der Waals surface area contributed by atoms with Crippen LogP contribution in [0.15, 0.2) is 41.3 Å². The zero-order chi connectivity index (χ0) is 13.9. The van der Waals surface area contributed by atoms with E-state index in [1.54, 1.807) is 6.20 Å². The van der Waals surface area contributed by atoms with Crippen molar-refractivity contribution in [1.82, 2.24) is 10.2 Å². The van der Waals surface area contributed by atoms with E-state index in [2.05, 4.69) is 32.1 Å². The summed E-state index contributed by atoms with van der Waals surface area (Å²) in [5, 5.41) is 6.38. The second kappa shape index (κ2) is 5.54. The number of halogens is 1. The summed E-state index contributed by atoms with van der Waals surface area (Å²) in [6.07, 6.45) is 1.61. The highest BCUT2D eigenvalue weighted by atomic mass is 35.5. The minimum absolute atomic E-state index is 0.216. The third kappa shape index (κ3) is 2.49. The van der Waals surface area contributed by atoms with Crippen molar-refractivity contribution in [2.75, 3.05) is 36.0 Å². The van der Waals surface area contributed by atoms with Gasteiger partial charge in [0.2, 0.25) is 0 Å². The molecule has 0 atom stereocenters. The monoisotopic (exact) mass is 290 g/mol. The van der Waals surface area contributed by atoms with E-state index in [1.165, 1.54) is 5.69 Å². The molecule has 2 aromatic rings. The first-order valence-corrected chi connectivity index (χ1v) is 6.91. The van der Waals surface area contributed by atoms with Gasteiger partial charge in [0.15, 0.2) is 0 Å². The van der Waals surface area contributed by atoms with Crippen molar-refractivity contribution in [2.45, 2.75) is 0 Å². The zero-order valence-corrected chi connectivity index (χ0v) is 11.7. The van der Waals surface area contributed by atoms with Gasteiger partial charge in [0.05, 0.1) is 11.9 Å². The number of nitrogens with zero attached hydrogens (tertiary/aromatic N) is 3. The van der Waals surface area contributed by atoms with Gasteiger partial charge >= 0.3 is 0 Å². The quantitative estimate of drug-likeness (QED) is 0.915. The van der Waals surface area contributed by atoms with Crippen molar-refractivity contribution in [3.05, 3.63) is 51.9 Å². The molecule has 1 aromatic heterocycles. The smallest absolute Gasteiger partial charge is 0.285 e. The lowest BCUT2D eigenvalue weighted by molar-refractivity contribution is 0.651. The van der Waals surface area contributed by atoms with Crippen LogP contribution in [-0.4, -0.2) is 36.4 Å². The molecule has 1 aliphatic rings. The molecule has 1 aliphatic heterocycles. The molecule has 0 amide bonds. The first-order valence-electron chi connectivity index (χ1n) is 6.54. The summed E-state index contributed by atoms with van der Waals surface area (Å²) >= 11 is 6.04. The van der Waals surface area contributed by atoms with Crippen LogP contribution >= 0.6 is 11.6 Å². The fourth-order valence-electron chi connectivity index (χ4n) is 2.44.